The summed E-state index contributed by atoms with van der Waals surface area (Å²) in [6, 6.07) is 1.96. The van der Waals surface area contributed by atoms with Crippen molar-refractivity contribution in [3.63, 3.8) is 0 Å². The minimum absolute atomic E-state index is 0.164. The number of alkyl halides is 5. The first-order chi connectivity index (χ1) is 7.23. The van der Waals surface area contributed by atoms with Crippen LogP contribution in [0, 0.1) is 0 Å². The number of ketones is 1. The Morgan fingerprint density at radius 3 is 2.19 bits per heavy atom. The van der Waals surface area contributed by atoms with Crippen LogP contribution in [-0.4, -0.2) is 5.78 Å². The van der Waals surface area contributed by atoms with E-state index in [0.29, 0.717) is 12.1 Å². The van der Waals surface area contributed by atoms with Crippen LogP contribution in [0.4, 0.5) is 22.0 Å². The van der Waals surface area contributed by atoms with Crippen LogP contribution < -0.4 is 0 Å². The number of Topliss-reactive ketones (excluding diaryl/α,β-unsaturated/α-hetero) is 1. The normalized spacial score (nSPS) is 11.9. The largest absolute Gasteiger partial charge is 0.416 e. The lowest BCUT2D eigenvalue weighted by atomic mass is 10.0. The molecule has 0 aromatic heterocycles. The van der Waals surface area contributed by atoms with E-state index < -0.39 is 29.5 Å². The van der Waals surface area contributed by atoms with Gasteiger partial charge in [-0.1, -0.05) is 6.07 Å². The van der Waals surface area contributed by atoms with Crippen LogP contribution in [0.2, 0.25) is 0 Å². The molecule has 0 radical (unpaired) electrons. The van der Waals surface area contributed by atoms with Gasteiger partial charge in [0, 0.05) is 11.1 Å². The van der Waals surface area contributed by atoms with E-state index in [-0.39, 0.29) is 5.56 Å². The van der Waals surface area contributed by atoms with Crippen LogP contribution >= 0.6 is 0 Å². The SMILES string of the molecule is CC(=O)c1ccc(C(F)(F)F)c(C(F)F)c1. The van der Waals surface area contributed by atoms with E-state index >= 15 is 0 Å². The Hall–Kier alpha value is -1.46. The van der Waals surface area contributed by atoms with Crippen molar-refractivity contribution < 1.29 is 26.7 Å². The second-order valence-electron chi connectivity index (χ2n) is 3.16. The Morgan fingerprint density at radius 1 is 1.25 bits per heavy atom. The summed E-state index contributed by atoms with van der Waals surface area (Å²) in [5.41, 5.74) is -2.74. The van der Waals surface area contributed by atoms with E-state index in [1.54, 1.807) is 0 Å². The molecule has 0 aliphatic heterocycles. The monoisotopic (exact) mass is 238 g/mol. The molecule has 6 heteroatoms. The molecule has 0 saturated heterocycles. The maximum absolute atomic E-state index is 12.4. The van der Waals surface area contributed by atoms with E-state index in [1.807, 2.05) is 0 Å². The first-order valence-corrected chi connectivity index (χ1v) is 4.23. The number of carbonyl (C=O) groups is 1. The standard InChI is InChI=1S/C10H7F5O/c1-5(16)6-2-3-8(10(13,14)15)7(4-6)9(11)12/h2-4,9H,1H3. The van der Waals surface area contributed by atoms with E-state index in [1.165, 1.54) is 0 Å². The summed E-state index contributed by atoms with van der Waals surface area (Å²) in [7, 11) is 0. The maximum atomic E-state index is 12.4. The molecule has 0 aliphatic rings. The summed E-state index contributed by atoms with van der Waals surface area (Å²) in [6.45, 7) is 1.10. The van der Waals surface area contributed by atoms with Gasteiger partial charge in [0.2, 0.25) is 0 Å². The molecule has 0 saturated carbocycles. The predicted molar refractivity (Wildman–Crippen MR) is 46.4 cm³/mol. The second-order valence-corrected chi connectivity index (χ2v) is 3.16. The van der Waals surface area contributed by atoms with E-state index in [0.717, 1.165) is 13.0 Å². The smallest absolute Gasteiger partial charge is 0.295 e. The molecule has 0 amide bonds. The molecular formula is C10H7F5O. The zero-order chi connectivity index (χ0) is 12.5. The van der Waals surface area contributed by atoms with Gasteiger partial charge in [-0.25, -0.2) is 8.78 Å². The summed E-state index contributed by atoms with van der Waals surface area (Å²) < 4.78 is 61.7. The summed E-state index contributed by atoms with van der Waals surface area (Å²) >= 11 is 0. The van der Waals surface area contributed by atoms with Crippen molar-refractivity contribution >= 4 is 5.78 Å². The molecule has 0 N–H and O–H groups in total. The number of hydrogen-bond acceptors (Lipinski definition) is 1. The minimum atomic E-state index is -4.85. The molecule has 0 bridgehead atoms. The lowest BCUT2D eigenvalue weighted by Crippen LogP contribution is -2.10. The topological polar surface area (TPSA) is 17.1 Å². The molecule has 16 heavy (non-hydrogen) atoms. The molecule has 1 aromatic carbocycles. The minimum Gasteiger partial charge on any atom is -0.295 e. The highest BCUT2D eigenvalue weighted by atomic mass is 19.4. The fraction of sp³-hybridized carbons (Fsp3) is 0.300. The summed E-state index contributed by atoms with van der Waals surface area (Å²) in [4.78, 5) is 10.9. The van der Waals surface area contributed by atoms with Gasteiger partial charge < -0.3 is 0 Å². The quantitative estimate of drug-likeness (QED) is 0.565. The Kier molecular flexibility index (Phi) is 3.30. The fourth-order valence-electron chi connectivity index (χ4n) is 1.22. The third-order valence-electron chi connectivity index (χ3n) is 2.00. The summed E-state index contributed by atoms with van der Waals surface area (Å²) in [5.74, 6) is -0.560. The molecule has 1 nitrogen and oxygen atoms in total. The second kappa shape index (κ2) is 4.19. The lowest BCUT2D eigenvalue weighted by molar-refractivity contribution is -0.139. The Morgan fingerprint density at radius 2 is 1.81 bits per heavy atom. The molecule has 0 heterocycles. The van der Waals surface area contributed by atoms with Gasteiger partial charge in [0.25, 0.3) is 6.43 Å². The van der Waals surface area contributed by atoms with Gasteiger partial charge in [-0.15, -0.1) is 0 Å². The van der Waals surface area contributed by atoms with E-state index in [9.17, 15) is 26.7 Å². The first kappa shape index (κ1) is 12.6. The third-order valence-corrected chi connectivity index (χ3v) is 2.00. The van der Waals surface area contributed by atoms with Gasteiger partial charge in [0.15, 0.2) is 5.78 Å². The Bertz CT molecular complexity index is 408. The molecule has 0 spiro atoms. The van der Waals surface area contributed by atoms with Crippen molar-refractivity contribution in [2.45, 2.75) is 19.5 Å². The first-order valence-electron chi connectivity index (χ1n) is 4.23. The molecule has 1 aromatic rings. The number of rotatable bonds is 2. The number of carbonyl (C=O) groups excluding carboxylic acids is 1. The molecule has 0 fully saturated rings. The Labute approximate surface area is 87.9 Å². The van der Waals surface area contributed by atoms with Gasteiger partial charge in [0.1, 0.15) is 0 Å². The number of hydrogen-bond donors (Lipinski definition) is 0. The summed E-state index contributed by atoms with van der Waals surface area (Å²) in [6.07, 6.45) is -8.11. The summed E-state index contributed by atoms with van der Waals surface area (Å²) in [5, 5.41) is 0. The lowest BCUT2D eigenvalue weighted by Gasteiger charge is -2.12. The third kappa shape index (κ3) is 2.56. The van der Waals surface area contributed by atoms with Crippen LogP contribution in [0.5, 0.6) is 0 Å². The van der Waals surface area contributed by atoms with Gasteiger partial charge in [-0.2, -0.15) is 13.2 Å². The highest BCUT2D eigenvalue weighted by Crippen LogP contribution is 2.36. The maximum Gasteiger partial charge on any atom is 0.416 e. The molecule has 0 atom stereocenters. The van der Waals surface area contributed by atoms with Crippen molar-refractivity contribution in [3.8, 4) is 0 Å². The fourth-order valence-corrected chi connectivity index (χ4v) is 1.22. The van der Waals surface area contributed by atoms with Crippen molar-refractivity contribution in [3.05, 3.63) is 34.9 Å². The number of halogens is 5. The van der Waals surface area contributed by atoms with Crippen molar-refractivity contribution in [2.75, 3.05) is 0 Å². The van der Waals surface area contributed by atoms with E-state index in [2.05, 4.69) is 0 Å². The number of benzene rings is 1. The van der Waals surface area contributed by atoms with Crippen molar-refractivity contribution in [1.29, 1.82) is 0 Å². The van der Waals surface area contributed by atoms with E-state index in [4.69, 9.17) is 0 Å². The highest BCUT2D eigenvalue weighted by Gasteiger charge is 2.35. The van der Waals surface area contributed by atoms with Crippen molar-refractivity contribution in [1.82, 2.24) is 0 Å². The molecule has 0 unspecified atom stereocenters. The van der Waals surface area contributed by atoms with Gasteiger partial charge >= 0.3 is 6.18 Å². The molecule has 0 aliphatic carbocycles. The van der Waals surface area contributed by atoms with Crippen molar-refractivity contribution in [2.24, 2.45) is 0 Å². The predicted octanol–water partition coefficient (Wildman–Crippen LogP) is 3.85. The van der Waals surface area contributed by atoms with Gasteiger partial charge in [-0.05, 0) is 19.1 Å². The average Bonchev–Trinajstić information content (AvgIpc) is 2.15. The van der Waals surface area contributed by atoms with Crippen LogP contribution in [0.25, 0.3) is 0 Å². The molecule has 1 rings (SSSR count). The zero-order valence-electron chi connectivity index (χ0n) is 8.11. The molecule has 88 valence electrons. The average molecular weight is 238 g/mol. The molecular weight excluding hydrogens is 231 g/mol. The van der Waals surface area contributed by atoms with Crippen LogP contribution in [0.15, 0.2) is 18.2 Å². The highest BCUT2D eigenvalue weighted by molar-refractivity contribution is 5.94. The van der Waals surface area contributed by atoms with Crippen LogP contribution in [0.1, 0.15) is 34.8 Å². The van der Waals surface area contributed by atoms with Crippen LogP contribution in [0.3, 0.4) is 0 Å². The van der Waals surface area contributed by atoms with Gasteiger partial charge in [-0.3, -0.25) is 4.79 Å². The zero-order valence-corrected chi connectivity index (χ0v) is 8.11. The van der Waals surface area contributed by atoms with Crippen LogP contribution in [-0.2, 0) is 6.18 Å². The van der Waals surface area contributed by atoms with Gasteiger partial charge in [0.05, 0.1) is 5.56 Å². The Balaban J connectivity index is 3.37.